The fourth-order valence-corrected chi connectivity index (χ4v) is 2.53. The largest absolute Gasteiger partial charge is 0.454 e. The Hall–Kier alpha value is -0.586. The number of unbranched alkanes of at least 4 members (excludes halogenated alkanes) is 1. The van der Waals surface area contributed by atoms with Gasteiger partial charge in [-0.05, 0) is 36.1 Å². The summed E-state index contributed by atoms with van der Waals surface area (Å²) < 4.78 is 27.6. The second-order valence-corrected chi connectivity index (χ2v) is 5.86. The molecule has 0 spiro atoms. The Labute approximate surface area is 166 Å². The van der Waals surface area contributed by atoms with Crippen molar-refractivity contribution in [3.8, 4) is 11.5 Å². The van der Waals surface area contributed by atoms with Gasteiger partial charge in [0.2, 0.25) is 6.79 Å². The minimum Gasteiger partial charge on any atom is -0.454 e. The second-order valence-electron chi connectivity index (χ2n) is 5.86. The Morgan fingerprint density at radius 2 is 1.40 bits per heavy atom. The maximum absolute atomic E-state index is 5.75. The van der Waals surface area contributed by atoms with Crippen LogP contribution in [0.2, 0.25) is 0 Å². The van der Waals surface area contributed by atoms with Crippen molar-refractivity contribution in [3.63, 3.8) is 0 Å². The number of aryl methyl sites for hydroxylation is 1. The summed E-state index contributed by atoms with van der Waals surface area (Å²) in [6.45, 7) is 8.47. The number of rotatable bonds is 13. The van der Waals surface area contributed by atoms with Crippen molar-refractivity contribution in [2.75, 3.05) is 39.8 Å². The molecule has 0 N–H and O–H groups in total. The van der Waals surface area contributed by atoms with Crippen LogP contribution in [-0.4, -0.2) is 39.8 Å². The second kappa shape index (κ2) is 13.6. The van der Waals surface area contributed by atoms with Crippen LogP contribution in [0.1, 0.15) is 44.2 Å². The number of hydrogen-bond donors (Lipinski definition) is 0. The van der Waals surface area contributed by atoms with E-state index in [0.29, 0.717) is 39.8 Å². The first-order valence-corrected chi connectivity index (χ1v) is 8.99. The smallest absolute Gasteiger partial charge is 0.231 e. The molecular formula is C19H30O5Ti. The molecule has 0 aliphatic carbocycles. The van der Waals surface area contributed by atoms with E-state index >= 15 is 0 Å². The average Bonchev–Trinajstić information content (AvgIpc) is 3.04. The minimum absolute atomic E-state index is 0. The molecule has 1 aliphatic heterocycles. The molecule has 0 aromatic heterocycles. The first-order valence-electron chi connectivity index (χ1n) is 8.99. The molecule has 0 saturated carbocycles. The molecule has 0 fully saturated rings. The van der Waals surface area contributed by atoms with E-state index in [-0.39, 0.29) is 21.7 Å². The molecule has 5 nitrogen and oxygen atoms in total. The van der Waals surface area contributed by atoms with Crippen molar-refractivity contribution in [1.82, 2.24) is 0 Å². The van der Waals surface area contributed by atoms with Crippen LogP contribution >= 0.6 is 0 Å². The van der Waals surface area contributed by atoms with Gasteiger partial charge in [0.05, 0.1) is 33.0 Å². The predicted octanol–water partition coefficient (Wildman–Crippen LogP) is 3.72. The molecule has 0 unspecified atom stereocenters. The van der Waals surface area contributed by atoms with E-state index in [1.54, 1.807) is 0 Å². The molecule has 1 heterocycles. The van der Waals surface area contributed by atoms with E-state index in [4.69, 9.17) is 23.7 Å². The fraction of sp³-hybridized carbons (Fsp3) is 0.684. The molecule has 6 heteroatoms. The summed E-state index contributed by atoms with van der Waals surface area (Å²) in [6, 6.07) is 4.12. The van der Waals surface area contributed by atoms with Crippen LogP contribution < -0.4 is 9.47 Å². The molecule has 0 amide bonds. The SMILES string of the molecule is CCCCOCCOCCOCc1cc2c(cc1CCC)OCO2.[Ti]. The van der Waals surface area contributed by atoms with Gasteiger partial charge in [-0.15, -0.1) is 0 Å². The van der Waals surface area contributed by atoms with Crippen LogP contribution in [0.25, 0.3) is 0 Å². The molecule has 1 aliphatic rings. The van der Waals surface area contributed by atoms with E-state index < -0.39 is 0 Å². The van der Waals surface area contributed by atoms with Gasteiger partial charge in [-0.3, -0.25) is 0 Å². The fourth-order valence-electron chi connectivity index (χ4n) is 2.53. The van der Waals surface area contributed by atoms with Gasteiger partial charge in [-0.1, -0.05) is 26.7 Å². The third kappa shape index (κ3) is 8.10. The van der Waals surface area contributed by atoms with Crippen molar-refractivity contribution in [2.24, 2.45) is 0 Å². The Morgan fingerprint density at radius 1 is 0.800 bits per heavy atom. The summed E-state index contributed by atoms with van der Waals surface area (Å²) in [5, 5.41) is 0. The van der Waals surface area contributed by atoms with Gasteiger partial charge in [-0.2, -0.15) is 0 Å². The van der Waals surface area contributed by atoms with Crippen molar-refractivity contribution >= 4 is 0 Å². The van der Waals surface area contributed by atoms with Crippen LogP contribution in [0, 0.1) is 0 Å². The van der Waals surface area contributed by atoms with Crippen LogP contribution in [-0.2, 0) is 49.0 Å². The van der Waals surface area contributed by atoms with Crippen molar-refractivity contribution in [3.05, 3.63) is 23.3 Å². The normalized spacial score (nSPS) is 12.2. The molecule has 25 heavy (non-hydrogen) atoms. The number of benzene rings is 1. The Bertz CT molecular complexity index is 481. The number of hydrogen-bond acceptors (Lipinski definition) is 5. The quantitative estimate of drug-likeness (QED) is 0.382. The Kier molecular flexibility index (Phi) is 12.2. The van der Waals surface area contributed by atoms with E-state index in [2.05, 4.69) is 19.9 Å². The third-order valence-corrected chi connectivity index (χ3v) is 3.86. The van der Waals surface area contributed by atoms with Crippen molar-refractivity contribution in [1.29, 1.82) is 0 Å². The van der Waals surface area contributed by atoms with Crippen LogP contribution in [0.15, 0.2) is 12.1 Å². The van der Waals surface area contributed by atoms with Gasteiger partial charge >= 0.3 is 0 Å². The van der Waals surface area contributed by atoms with Gasteiger partial charge in [0.25, 0.3) is 0 Å². The zero-order valence-electron chi connectivity index (χ0n) is 15.5. The average molecular weight is 386 g/mol. The van der Waals surface area contributed by atoms with Gasteiger partial charge in [0, 0.05) is 28.3 Å². The predicted molar refractivity (Wildman–Crippen MR) is 92.8 cm³/mol. The van der Waals surface area contributed by atoms with E-state index in [9.17, 15) is 0 Å². The van der Waals surface area contributed by atoms with E-state index in [1.807, 2.05) is 6.07 Å². The van der Waals surface area contributed by atoms with Crippen LogP contribution in [0.3, 0.4) is 0 Å². The molecule has 0 radical (unpaired) electrons. The molecule has 140 valence electrons. The Balaban J connectivity index is 0.00000312. The first-order chi connectivity index (χ1) is 11.8. The standard InChI is InChI=1S/C19H30O5.Ti/c1-3-5-7-20-8-9-21-10-11-22-14-17-13-19-18(23-15-24-19)12-16(17)6-4-2;/h12-13H,3-11,14-15H2,1-2H3;. The van der Waals surface area contributed by atoms with Gasteiger partial charge in [0.1, 0.15) is 0 Å². The summed E-state index contributed by atoms with van der Waals surface area (Å²) in [5.41, 5.74) is 2.44. The summed E-state index contributed by atoms with van der Waals surface area (Å²) in [4.78, 5) is 0. The zero-order valence-corrected chi connectivity index (χ0v) is 17.0. The van der Waals surface area contributed by atoms with Crippen LogP contribution in [0.4, 0.5) is 0 Å². The first kappa shape index (κ1) is 22.5. The molecule has 1 aromatic rings. The monoisotopic (exact) mass is 386 g/mol. The summed E-state index contributed by atoms with van der Waals surface area (Å²) in [7, 11) is 0. The van der Waals surface area contributed by atoms with Gasteiger partial charge in [-0.25, -0.2) is 0 Å². The van der Waals surface area contributed by atoms with Crippen molar-refractivity contribution < 1.29 is 45.4 Å². The molecule has 0 atom stereocenters. The minimum atomic E-state index is 0. The number of fused-ring (bicyclic) bond motifs is 1. The van der Waals surface area contributed by atoms with Gasteiger partial charge < -0.3 is 23.7 Å². The summed E-state index contributed by atoms with van der Waals surface area (Å²) >= 11 is 0. The van der Waals surface area contributed by atoms with Crippen LogP contribution in [0.5, 0.6) is 11.5 Å². The Morgan fingerprint density at radius 3 is 2.04 bits per heavy atom. The molecule has 0 saturated heterocycles. The van der Waals surface area contributed by atoms with Crippen molar-refractivity contribution in [2.45, 2.75) is 46.1 Å². The maximum atomic E-state index is 5.75. The van der Waals surface area contributed by atoms with E-state index in [0.717, 1.165) is 43.8 Å². The maximum Gasteiger partial charge on any atom is 0.231 e. The summed E-state index contributed by atoms with van der Waals surface area (Å²) in [6.07, 6.45) is 4.38. The molecule has 0 bridgehead atoms. The molecular weight excluding hydrogens is 356 g/mol. The summed E-state index contributed by atoms with van der Waals surface area (Å²) in [5.74, 6) is 1.66. The topological polar surface area (TPSA) is 46.2 Å². The third-order valence-electron chi connectivity index (χ3n) is 3.86. The van der Waals surface area contributed by atoms with Gasteiger partial charge in [0.15, 0.2) is 11.5 Å². The number of ether oxygens (including phenoxy) is 5. The zero-order chi connectivity index (χ0) is 17.0. The molecule has 2 rings (SSSR count). The molecule has 1 aromatic carbocycles. The van der Waals surface area contributed by atoms with E-state index in [1.165, 1.54) is 11.1 Å².